The minimum absolute atomic E-state index is 0.0499. The molecule has 3 aromatic rings. The highest BCUT2D eigenvalue weighted by atomic mass is 35.5. The fraction of sp³-hybridized carbons (Fsp3) is 0.217. The molecule has 4 rings (SSSR count). The normalized spacial score (nSPS) is 16.0. The third-order valence-corrected chi connectivity index (χ3v) is 6.53. The standard InChI is InChI=1S/C23H21ClN2OS/c1-4-23(27)26-12-20(19-10-22(24)28-21(19)13-26)17-8-6-5-7-16(17)18-9-14(2)11-25-15(18)3/h4-11,20H,1,12-13H2,2-3H3/t20-/m0/s1. The molecule has 2 aromatic heterocycles. The molecular weight excluding hydrogens is 388 g/mol. The summed E-state index contributed by atoms with van der Waals surface area (Å²) in [6, 6.07) is 12.6. The van der Waals surface area contributed by atoms with Gasteiger partial charge in [-0.25, -0.2) is 0 Å². The number of aromatic nitrogens is 1. The molecule has 0 saturated heterocycles. The largest absolute Gasteiger partial charge is 0.333 e. The van der Waals surface area contributed by atoms with E-state index in [1.807, 2.05) is 18.0 Å². The van der Waals surface area contributed by atoms with Crippen LogP contribution in [0.1, 0.15) is 33.2 Å². The van der Waals surface area contributed by atoms with Crippen LogP contribution in [0.15, 0.2) is 55.3 Å². The Kier molecular flexibility index (Phi) is 5.09. The van der Waals surface area contributed by atoms with Gasteiger partial charge in [0.25, 0.3) is 0 Å². The summed E-state index contributed by atoms with van der Waals surface area (Å²) in [5, 5.41) is 0. The van der Waals surface area contributed by atoms with Crippen LogP contribution in [0.4, 0.5) is 0 Å². The second-order valence-corrected chi connectivity index (χ2v) is 8.91. The van der Waals surface area contributed by atoms with E-state index >= 15 is 0 Å². The van der Waals surface area contributed by atoms with Crippen LogP contribution in [-0.2, 0) is 11.3 Å². The molecule has 1 aliphatic rings. The maximum Gasteiger partial charge on any atom is 0.246 e. The van der Waals surface area contributed by atoms with E-state index in [9.17, 15) is 4.79 Å². The van der Waals surface area contributed by atoms with E-state index in [1.165, 1.54) is 17.2 Å². The Labute approximate surface area is 174 Å². The van der Waals surface area contributed by atoms with Crippen LogP contribution in [0.3, 0.4) is 0 Å². The van der Waals surface area contributed by atoms with E-state index in [1.54, 1.807) is 11.3 Å². The van der Waals surface area contributed by atoms with Gasteiger partial charge in [-0.1, -0.05) is 42.4 Å². The van der Waals surface area contributed by atoms with E-state index in [0.29, 0.717) is 13.1 Å². The van der Waals surface area contributed by atoms with Crippen LogP contribution in [0, 0.1) is 13.8 Å². The molecule has 0 spiro atoms. The summed E-state index contributed by atoms with van der Waals surface area (Å²) in [6.07, 6.45) is 3.28. The van der Waals surface area contributed by atoms with Gasteiger partial charge >= 0.3 is 0 Å². The van der Waals surface area contributed by atoms with Crippen molar-refractivity contribution < 1.29 is 4.79 Å². The van der Waals surface area contributed by atoms with Crippen molar-refractivity contribution in [2.24, 2.45) is 0 Å². The summed E-state index contributed by atoms with van der Waals surface area (Å²) in [5.41, 5.74) is 6.82. The molecule has 0 aliphatic carbocycles. The molecule has 0 fully saturated rings. The lowest BCUT2D eigenvalue weighted by Crippen LogP contribution is -2.37. The van der Waals surface area contributed by atoms with Crippen molar-refractivity contribution in [1.82, 2.24) is 9.88 Å². The number of pyridine rings is 1. The quantitative estimate of drug-likeness (QED) is 0.517. The Bertz CT molecular complexity index is 1070. The van der Waals surface area contributed by atoms with Gasteiger partial charge in [-0.15, -0.1) is 11.3 Å². The van der Waals surface area contributed by atoms with E-state index in [4.69, 9.17) is 11.6 Å². The summed E-state index contributed by atoms with van der Waals surface area (Å²) in [7, 11) is 0. The monoisotopic (exact) mass is 408 g/mol. The number of halogens is 1. The number of aryl methyl sites for hydroxylation is 2. The van der Waals surface area contributed by atoms with Gasteiger partial charge in [-0.3, -0.25) is 9.78 Å². The van der Waals surface area contributed by atoms with Crippen LogP contribution < -0.4 is 0 Å². The van der Waals surface area contributed by atoms with Crippen molar-refractivity contribution in [3.8, 4) is 11.1 Å². The average molecular weight is 409 g/mol. The van der Waals surface area contributed by atoms with E-state index < -0.39 is 0 Å². The molecular formula is C23H21ClN2OS. The van der Waals surface area contributed by atoms with Crippen molar-refractivity contribution in [1.29, 1.82) is 0 Å². The molecule has 142 valence electrons. The molecule has 1 atom stereocenters. The number of carbonyl (C=O) groups is 1. The predicted molar refractivity (Wildman–Crippen MR) is 116 cm³/mol. The zero-order chi connectivity index (χ0) is 19.8. The maximum absolute atomic E-state index is 12.4. The molecule has 0 unspecified atom stereocenters. The fourth-order valence-corrected chi connectivity index (χ4v) is 5.26. The molecule has 3 nitrogen and oxygen atoms in total. The van der Waals surface area contributed by atoms with Crippen molar-refractivity contribution >= 4 is 28.8 Å². The number of carbonyl (C=O) groups excluding carboxylic acids is 1. The number of amides is 1. The molecule has 0 saturated carbocycles. The molecule has 0 N–H and O–H groups in total. The first-order valence-electron chi connectivity index (χ1n) is 9.20. The first-order chi connectivity index (χ1) is 13.5. The molecule has 1 amide bonds. The second-order valence-electron chi connectivity index (χ2n) is 7.14. The summed E-state index contributed by atoms with van der Waals surface area (Å²) in [4.78, 5) is 19.9. The lowest BCUT2D eigenvalue weighted by atomic mass is 9.83. The van der Waals surface area contributed by atoms with E-state index in [2.05, 4.69) is 54.9 Å². The van der Waals surface area contributed by atoms with E-state index in [-0.39, 0.29) is 11.8 Å². The van der Waals surface area contributed by atoms with Crippen molar-refractivity contribution in [2.45, 2.75) is 26.3 Å². The van der Waals surface area contributed by atoms with Crippen LogP contribution in [0.5, 0.6) is 0 Å². The highest BCUT2D eigenvalue weighted by Crippen LogP contribution is 2.43. The lowest BCUT2D eigenvalue weighted by molar-refractivity contribution is -0.127. The average Bonchev–Trinajstić information content (AvgIpc) is 3.08. The Morgan fingerprint density at radius 1 is 1.25 bits per heavy atom. The van der Waals surface area contributed by atoms with Gasteiger partial charge in [0, 0.05) is 34.8 Å². The van der Waals surface area contributed by atoms with Crippen LogP contribution >= 0.6 is 22.9 Å². The summed E-state index contributed by atoms with van der Waals surface area (Å²) in [6.45, 7) is 8.95. The Morgan fingerprint density at radius 3 is 2.82 bits per heavy atom. The third-order valence-electron chi connectivity index (χ3n) is 5.26. The highest BCUT2D eigenvalue weighted by Gasteiger charge is 2.31. The highest BCUT2D eigenvalue weighted by molar-refractivity contribution is 7.16. The van der Waals surface area contributed by atoms with Crippen LogP contribution in [-0.4, -0.2) is 22.3 Å². The number of thiophene rings is 1. The van der Waals surface area contributed by atoms with Gasteiger partial charge in [-0.05, 0) is 54.3 Å². The lowest BCUT2D eigenvalue weighted by Gasteiger charge is -2.33. The number of fused-ring (bicyclic) bond motifs is 1. The molecule has 0 bridgehead atoms. The van der Waals surface area contributed by atoms with E-state index in [0.717, 1.165) is 31.6 Å². The van der Waals surface area contributed by atoms with Crippen LogP contribution in [0.2, 0.25) is 4.34 Å². The number of nitrogens with zero attached hydrogens (tertiary/aromatic N) is 2. The third kappa shape index (κ3) is 3.38. The van der Waals surface area contributed by atoms with Crippen molar-refractivity contribution in [3.63, 3.8) is 0 Å². The minimum Gasteiger partial charge on any atom is -0.333 e. The molecule has 0 radical (unpaired) electrons. The molecule has 3 heterocycles. The van der Waals surface area contributed by atoms with Crippen molar-refractivity contribution in [2.75, 3.05) is 6.54 Å². The SMILES string of the molecule is C=CC(=O)N1Cc2sc(Cl)cc2[C@H](c2ccccc2-c2cc(C)cnc2C)C1. The maximum atomic E-state index is 12.4. The number of hydrogen-bond acceptors (Lipinski definition) is 3. The van der Waals surface area contributed by atoms with Gasteiger partial charge in [0.2, 0.25) is 5.91 Å². The molecule has 5 heteroatoms. The molecule has 28 heavy (non-hydrogen) atoms. The van der Waals surface area contributed by atoms with Gasteiger partial charge in [0.1, 0.15) is 0 Å². The zero-order valence-electron chi connectivity index (χ0n) is 15.9. The minimum atomic E-state index is -0.0499. The summed E-state index contributed by atoms with van der Waals surface area (Å²) < 4.78 is 0.758. The second kappa shape index (κ2) is 7.53. The number of rotatable bonds is 3. The molecule has 1 aliphatic heterocycles. The number of hydrogen-bond donors (Lipinski definition) is 0. The Morgan fingerprint density at radius 2 is 2.04 bits per heavy atom. The fourth-order valence-electron chi connectivity index (χ4n) is 3.90. The Balaban J connectivity index is 1.88. The summed E-state index contributed by atoms with van der Waals surface area (Å²) >= 11 is 7.90. The van der Waals surface area contributed by atoms with Gasteiger partial charge in [0.05, 0.1) is 10.9 Å². The van der Waals surface area contributed by atoms with Gasteiger partial charge in [-0.2, -0.15) is 0 Å². The van der Waals surface area contributed by atoms with Gasteiger partial charge in [0.15, 0.2) is 0 Å². The number of benzene rings is 1. The smallest absolute Gasteiger partial charge is 0.246 e. The first-order valence-corrected chi connectivity index (χ1v) is 10.4. The van der Waals surface area contributed by atoms with Gasteiger partial charge < -0.3 is 4.90 Å². The Hall–Kier alpha value is -2.43. The topological polar surface area (TPSA) is 33.2 Å². The summed E-state index contributed by atoms with van der Waals surface area (Å²) in [5.74, 6) is 0.0126. The molecule has 1 aromatic carbocycles. The van der Waals surface area contributed by atoms with Crippen molar-refractivity contribution in [3.05, 3.63) is 86.8 Å². The zero-order valence-corrected chi connectivity index (χ0v) is 17.5. The van der Waals surface area contributed by atoms with Crippen LogP contribution in [0.25, 0.3) is 11.1 Å². The predicted octanol–water partition coefficient (Wildman–Crippen LogP) is 5.74. The first kappa shape index (κ1) is 18.9.